The number of aromatic hydroxyl groups is 1. The molecule has 0 saturated carbocycles. The third-order valence-electron chi connectivity index (χ3n) is 2.98. The Morgan fingerprint density at radius 3 is 2.60 bits per heavy atom. The molecule has 1 unspecified atom stereocenters. The maximum Gasteiger partial charge on any atom is 0.160 e. The molecule has 0 fully saturated rings. The molecule has 1 N–H and O–H groups in total. The van der Waals surface area contributed by atoms with Crippen LogP contribution in [0.25, 0.3) is 0 Å². The Morgan fingerprint density at radius 2 is 2.07 bits per heavy atom. The van der Waals surface area contributed by atoms with Gasteiger partial charge in [0.25, 0.3) is 0 Å². The molecule has 1 aromatic heterocycles. The summed E-state index contributed by atoms with van der Waals surface area (Å²) in [6.07, 6.45) is 4.13. The molecule has 0 aliphatic rings. The van der Waals surface area contributed by atoms with Crippen molar-refractivity contribution in [1.29, 1.82) is 0 Å². The zero-order chi connectivity index (χ0) is 11.4. The van der Waals surface area contributed by atoms with E-state index in [4.69, 9.17) is 0 Å². The summed E-state index contributed by atoms with van der Waals surface area (Å²) in [6, 6.07) is 0. The minimum atomic E-state index is 0.373. The van der Waals surface area contributed by atoms with Gasteiger partial charge >= 0.3 is 0 Å². The number of aryl methyl sites for hydroxylation is 2. The minimum absolute atomic E-state index is 0.373. The summed E-state index contributed by atoms with van der Waals surface area (Å²) in [4.78, 5) is 0. The van der Waals surface area contributed by atoms with Crippen LogP contribution in [0.1, 0.15) is 57.3 Å². The van der Waals surface area contributed by atoms with E-state index in [0.717, 1.165) is 37.1 Å². The van der Waals surface area contributed by atoms with Crippen molar-refractivity contribution in [3.8, 4) is 5.75 Å². The number of rotatable bonds is 5. The molecule has 86 valence electrons. The number of aromatic nitrogens is 2. The summed E-state index contributed by atoms with van der Waals surface area (Å²) >= 11 is 0. The topological polar surface area (TPSA) is 38.0 Å². The van der Waals surface area contributed by atoms with Gasteiger partial charge in [-0.1, -0.05) is 27.2 Å². The fourth-order valence-corrected chi connectivity index (χ4v) is 1.84. The molecule has 3 nitrogen and oxygen atoms in total. The van der Waals surface area contributed by atoms with E-state index in [1.165, 1.54) is 0 Å². The molecular weight excluding hydrogens is 188 g/mol. The molecule has 0 aromatic carbocycles. The molecule has 15 heavy (non-hydrogen) atoms. The van der Waals surface area contributed by atoms with Gasteiger partial charge < -0.3 is 5.11 Å². The average molecular weight is 210 g/mol. The largest absolute Gasteiger partial charge is 0.504 e. The Balaban J connectivity index is 2.93. The number of unbranched alkanes of at least 4 members (excludes halogenated alkanes) is 1. The lowest BCUT2D eigenvalue weighted by Crippen LogP contribution is -2.01. The van der Waals surface area contributed by atoms with Crippen LogP contribution in [0.2, 0.25) is 0 Å². The highest BCUT2D eigenvalue weighted by Gasteiger charge is 2.18. The number of hydrogen-bond acceptors (Lipinski definition) is 2. The van der Waals surface area contributed by atoms with E-state index >= 15 is 0 Å². The molecule has 1 heterocycles. The van der Waals surface area contributed by atoms with Crippen LogP contribution in [-0.4, -0.2) is 14.9 Å². The van der Waals surface area contributed by atoms with Gasteiger partial charge in [0.2, 0.25) is 0 Å². The van der Waals surface area contributed by atoms with Crippen molar-refractivity contribution >= 4 is 0 Å². The van der Waals surface area contributed by atoms with Crippen molar-refractivity contribution in [3.63, 3.8) is 0 Å². The molecule has 0 spiro atoms. The quantitative estimate of drug-likeness (QED) is 0.811. The van der Waals surface area contributed by atoms with Crippen LogP contribution < -0.4 is 0 Å². The molecule has 1 atom stereocenters. The van der Waals surface area contributed by atoms with E-state index in [9.17, 15) is 5.11 Å². The van der Waals surface area contributed by atoms with E-state index in [1.54, 1.807) is 0 Å². The first kappa shape index (κ1) is 12.1. The Kier molecular flexibility index (Phi) is 4.18. The van der Waals surface area contributed by atoms with E-state index in [-0.39, 0.29) is 0 Å². The Labute approximate surface area is 92.1 Å². The van der Waals surface area contributed by atoms with E-state index in [0.29, 0.717) is 11.7 Å². The van der Waals surface area contributed by atoms with Crippen LogP contribution in [0.4, 0.5) is 0 Å². The third kappa shape index (κ3) is 2.52. The van der Waals surface area contributed by atoms with Gasteiger partial charge in [-0.25, -0.2) is 0 Å². The second kappa shape index (κ2) is 5.19. The molecule has 0 amide bonds. The zero-order valence-electron chi connectivity index (χ0n) is 10.2. The molecule has 0 radical (unpaired) electrons. The van der Waals surface area contributed by atoms with Gasteiger partial charge in [-0.3, -0.25) is 4.68 Å². The molecule has 0 aliphatic heterocycles. The van der Waals surface area contributed by atoms with Crippen molar-refractivity contribution in [2.24, 2.45) is 7.05 Å². The van der Waals surface area contributed by atoms with Crippen molar-refractivity contribution in [3.05, 3.63) is 11.4 Å². The lowest BCUT2D eigenvalue weighted by molar-refractivity contribution is 0.451. The molecular formula is C12H22N2O. The van der Waals surface area contributed by atoms with E-state index in [2.05, 4.69) is 25.9 Å². The number of hydrogen-bond donors (Lipinski definition) is 1. The van der Waals surface area contributed by atoms with Crippen LogP contribution >= 0.6 is 0 Å². The highest BCUT2D eigenvalue weighted by atomic mass is 16.3. The monoisotopic (exact) mass is 210 g/mol. The van der Waals surface area contributed by atoms with Crippen molar-refractivity contribution in [2.45, 2.75) is 52.4 Å². The van der Waals surface area contributed by atoms with Crippen LogP contribution in [0.15, 0.2) is 0 Å². The number of nitrogens with zero attached hydrogens (tertiary/aromatic N) is 2. The highest BCUT2D eigenvalue weighted by molar-refractivity contribution is 5.34. The van der Waals surface area contributed by atoms with Crippen molar-refractivity contribution in [2.75, 3.05) is 0 Å². The van der Waals surface area contributed by atoms with Gasteiger partial charge in [0.1, 0.15) is 5.69 Å². The Bertz CT molecular complexity index is 318. The van der Waals surface area contributed by atoms with Crippen LogP contribution in [0.3, 0.4) is 0 Å². The average Bonchev–Trinajstić information content (AvgIpc) is 2.50. The standard InChI is InChI=1S/C12H22N2O/c1-5-7-8-10-12(15)11(9(3)6-2)14(4)13-10/h9,15H,5-8H2,1-4H3. The molecule has 0 saturated heterocycles. The Morgan fingerprint density at radius 1 is 1.40 bits per heavy atom. The fourth-order valence-electron chi connectivity index (χ4n) is 1.84. The van der Waals surface area contributed by atoms with Crippen molar-refractivity contribution < 1.29 is 5.11 Å². The second-order valence-electron chi connectivity index (χ2n) is 4.22. The highest BCUT2D eigenvalue weighted by Crippen LogP contribution is 2.30. The molecule has 0 aliphatic carbocycles. The molecule has 1 aromatic rings. The van der Waals surface area contributed by atoms with Gasteiger partial charge in [-0.15, -0.1) is 0 Å². The van der Waals surface area contributed by atoms with E-state index in [1.807, 2.05) is 11.7 Å². The zero-order valence-corrected chi connectivity index (χ0v) is 10.2. The first-order valence-corrected chi connectivity index (χ1v) is 5.86. The van der Waals surface area contributed by atoms with Crippen LogP contribution in [0, 0.1) is 0 Å². The predicted octanol–water partition coefficient (Wildman–Crippen LogP) is 2.98. The van der Waals surface area contributed by atoms with Gasteiger partial charge in [0.05, 0.1) is 5.69 Å². The van der Waals surface area contributed by atoms with E-state index < -0.39 is 0 Å². The first-order chi connectivity index (χ1) is 7.11. The SMILES string of the molecule is CCCCc1nn(C)c(C(C)CC)c1O. The molecule has 3 heteroatoms. The summed E-state index contributed by atoms with van der Waals surface area (Å²) in [5.41, 5.74) is 1.83. The normalized spacial score (nSPS) is 13.1. The van der Waals surface area contributed by atoms with Gasteiger partial charge in [-0.05, 0) is 19.3 Å². The third-order valence-corrected chi connectivity index (χ3v) is 2.98. The summed E-state index contributed by atoms with van der Waals surface area (Å²) in [7, 11) is 1.91. The van der Waals surface area contributed by atoms with Crippen LogP contribution in [0.5, 0.6) is 5.75 Å². The Hall–Kier alpha value is -0.990. The maximum absolute atomic E-state index is 10.1. The lowest BCUT2D eigenvalue weighted by Gasteiger charge is -2.08. The summed E-state index contributed by atoms with van der Waals surface area (Å²) in [6.45, 7) is 6.40. The predicted molar refractivity (Wildman–Crippen MR) is 62.2 cm³/mol. The molecule has 0 bridgehead atoms. The van der Waals surface area contributed by atoms with Gasteiger partial charge in [0, 0.05) is 13.0 Å². The summed E-state index contributed by atoms with van der Waals surface area (Å²) in [5, 5.41) is 14.4. The van der Waals surface area contributed by atoms with Crippen molar-refractivity contribution in [1.82, 2.24) is 9.78 Å². The minimum Gasteiger partial charge on any atom is -0.504 e. The smallest absolute Gasteiger partial charge is 0.160 e. The maximum atomic E-state index is 10.1. The fraction of sp³-hybridized carbons (Fsp3) is 0.750. The lowest BCUT2D eigenvalue weighted by atomic mass is 10.0. The van der Waals surface area contributed by atoms with Crippen LogP contribution in [-0.2, 0) is 13.5 Å². The van der Waals surface area contributed by atoms with Gasteiger partial charge in [-0.2, -0.15) is 5.10 Å². The first-order valence-electron chi connectivity index (χ1n) is 5.86. The summed E-state index contributed by atoms with van der Waals surface area (Å²) < 4.78 is 1.83. The molecule has 1 rings (SSSR count). The second-order valence-corrected chi connectivity index (χ2v) is 4.22. The summed E-state index contributed by atoms with van der Waals surface area (Å²) in [5.74, 6) is 0.790. The van der Waals surface area contributed by atoms with Gasteiger partial charge in [0.15, 0.2) is 5.75 Å².